The molecule has 0 radical (unpaired) electrons. The molecule has 0 saturated heterocycles. The number of nitrogens with two attached hydrogens (primary N) is 1. The van der Waals surface area contributed by atoms with Crippen molar-refractivity contribution in [3.05, 3.63) is 0 Å². The first kappa shape index (κ1) is 14.3. The van der Waals surface area contributed by atoms with E-state index in [9.17, 15) is 18.0 Å². The van der Waals surface area contributed by atoms with Crippen molar-refractivity contribution in [3.63, 3.8) is 0 Å². The third kappa shape index (κ3) is 4.18. The van der Waals surface area contributed by atoms with Crippen molar-refractivity contribution in [2.24, 2.45) is 17.6 Å². The summed E-state index contributed by atoms with van der Waals surface area (Å²) in [4.78, 5) is 13.1. The summed E-state index contributed by atoms with van der Waals surface area (Å²) in [5.41, 5.74) is 5.55. The molecule has 2 N–H and O–H groups in total. The van der Waals surface area contributed by atoms with Gasteiger partial charge in [-0.05, 0) is 25.3 Å². The van der Waals surface area contributed by atoms with Crippen LogP contribution in [-0.4, -0.2) is 37.1 Å². The van der Waals surface area contributed by atoms with Gasteiger partial charge in [-0.25, -0.2) is 0 Å². The molecule has 1 rings (SSSR count). The van der Waals surface area contributed by atoms with Gasteiger partial charge in [0.1, 0.15) is 0 Å². The standard InChI is InChI=1S/C11H19F3N2O/c1-16(6-5-11(12,13)14)10(17)9-4-2-3-8(9)7-15/h8-9H,2-7,15H2,1H3. The van der Waals surface area contributed by atoms with Crippen molar-refractivity contribution in [2.45, 2.75) is 31.9 Å². The van der Waals surface area contributed by atoms with Gasteiger partial charge in [0.05, 0.1) is 6.42 Å². The summed E-state index contributed by atoms with van der Waals surface area (Å²) < 4.78 is 36.1. The Balaban J connectivity index is 2.46. The number of carbonyl (C=O) groups is 1. The van der Waals surface area contributed by atoms with E-state index in [4.69, 9.17) is 5.73 Å². The Morgan fingerprint density at radius 1 is 1.41 bits per heavy atom. The molecule has 100 valence electrons. The lowest BCUT2D eigenvalue weighted by Gasteiger charge is -2.24. The van der Waals surface area contributed by atoms with Crippen LogP contribution in [-0.2, 0) is 4.79 Å². The molecule has 0 aromatic heterocycles. The number of rotatable bonds is 4. The van der Waals surface area contributed by atoms with Gasteiger partial charge in [0.15, 0.2) is 0 Å². The summed E-state index contributed by atoms with van der Waals surface area (Å²) in [5, 5.41) is 0. The van der Waals surface area contributed by atoms with Crippen LogP contribution in [0.2, 0.25) is 0 Å². The Kier molecular flexibility index (Phi) is 4.80. The number of amides is 1. The van der Waals surface area contributed by atoms with Crippen molar-refractivity contribution in [3.8, 4) is 0 Å². The Morgan fingerprint density at radius 3 is 2.59 bits per heavy atom. The number of hydrogen-bond acceptors (Lipinski definition) is 2. The molecule has 1 saturated carbocycles. The highest BCUT2D eigenvalue weighted by Crippen LogP contribution is 2.32. The van der Waals surface area contributed by atoms with E-state index in [2.05, 4.69) is 0 Å². The first-order valence-electron chi connectivity index (χ1n) is 5.87. The van der Waals surface area contributed by atoms with Gasteiger partial charge in [0.2, 0.25) is 5.91 Å². The molecule has 0 heterocycles. The minimum atomic E-state index is -4.21. The Labute approximate surface area is 99.1 Å². The van der Waals surface area contributed by atoms with Crippen LogP contribution in [0.25, 0.3) is 0 Å². The van der Waals surface area contributed by atoms with Gasteiger partial charge < -0.3 is 10.6 Å². The Hall–Kier alpha value is -0.780. The quantitative estimate of drug-likeness (QED) is 0.829. The molecule has 1 fully saturated rings. The third-order valence-corrected chi connectivity index (χ3v) is 3.39. The van der Waals surface area contributed by atoms with Crippen molar-refractivity contribution in [1.29, 1.82) is 0 Å². The van der Waals surface area contributed by atoms with Crippen LogP contribution < -0.4 is 5.73 Å². The fourth-order valence-corrected chi connectivity index (χ4v) is 2.33. The average molecular weight is 252 g/mol. The molecule has 1 aliphatic rings. The molecule has 3 nitrogen and oxygen atoms in total. The Morgan fingerprint density at radius 2 is 2.06 bits per heavy atom. The van der Waals surface area contributed by atoms with Crippen LogP contribution in [0.4, 0.5) is 13.2 Å². The molecule has 1 aliphatic carbocycles. The van der Waals surface area contributed by atoms with Crippen molar-refractivity contribution >= 4 is 5.91 Å². The molecule has 0 aromatic rings. The van der Waals surface area contributed by atoms with Gasteiger partial charge in [-0.3, -0.25) is 4.79 Å². The SMILES string of the molecule is CN(CCC(F)(F)F)C(=O)C1CCCC1CN. The fraction of sp³-hybridized carbons (Fsp3) is 0.909. The second-order valence-corrected chi connectivity index (χ2v) is 4.66. The summed E-state index contributed by atoms with van der Waals surface area (Å²) in [7, 11) is 1.43. The minimum absolute atomic E-state index is 0.135. The average Bonchev–Trinajstić information content (AvgIpc) is 2.71. The molecular weight excluding hydrogens is 233 g/mol. The summed E-state index contributed by atoms with van der Waals surface area (Å²) in [6.07, 6.45) is -2.57. The monoisotopic (exact) mass is 252 g/mol. The maximum Gasteiger partial charge on any atom is 0.390 e. The van der Waals surface area contributed by atoms with E-state index in [-0.39, 0.29) is 24.3 Å². The maximum atomic E-state index is 12.0. The maximum absolute atomic E-state index is 12.0. The normalized spacial score (nSPS) is 25.0. The van der Waals surface area contributed by atoms with E-state index in [0.29, 0.717) is 6.54 Å². The van der Waals surface area contributed by atoms with Gasteiger partial charge in [0.25, 0.3) is 0 Å². The second kappa shape index (κ2) is 5.71. The fourth-order valence-electron chi connectivity index (χ4n) is 2.33. The molecule has 2 atom stereocenters. The van der Waals surface area contributed by atoms with Gasteiger partial charge in [-0.15, -0.1) is 0 Å². The number of halogens is 3. The lowest BCUT2D eigenvalue weighted by atomic mass is 9.95. The smallest absolute Gasteiger partial charge is 0.345 e. The number of alkyl halides is 3. The molecule has 2 unspecified atom stereocenters. The molecular formula is C11H19F3N2O. The largest absolute Gasteiger partial charge is 0.390 e. The molecule has 0 aromatic carbocycles. The van der Waals surface area contributed by atoms with Crippen molar-refractivity contribution < 1.29 is 18.0 Å². The van der Waals surface area contributed by atoms with Crippen LogP contribution in [0.1, 0.15) is 25.7 Å². The van der Waals surface area contributed by atoms with Gasteiger partial charge in [-0.1, -0.05) is 6.42 Å². The Bertz CT molecular complexity index is 268. The van der Waals surface area contributed by atoms with E-state index >= 15 is 0 Å². The predicted octanol–water partition coefficient (Wildman–Crippen LogP) is 1.77. The zero-order valence-corrected chi connectivity index (χ0v) is 9.96. The first-order valence-corrected chi connectivity index (χ1v) is 5.87. The molecule has 0 spiro atoms. The van der Waals surface area contributed by atoms with E-state index < -0.39 is 12.6 Å². The van der Waals surface area contributed by atoms with E-state index in [0.717, 1.165) is 19.3 Å². The highest BCUT2D eigenvalue weighted by atomic mass is 19.4. The zero-order valence-electron chi connectivity index (χ0n) is 9.96. The number of nitrogens with zero attached hydrogens (tertiary/aromatic N) is 1. The van der Waals surface area contributed by atoms with Crippen LogP contribution >= 0.6 is 0 Å². The first-order chi connectivity index (χ1) is 7.85. The van der Waals surface area contributed by atoms with Gasteiger partial charge >= 0.3 is 6.18 Å². The van der Waals surface area contributed by atoms with Crippen LogP contribution in [0.3, 0.4) is 0 Å². The molecule has 6 heteroatoms. The van der Waals surface area contributed by atoms with Crippen LogP contribution in [0, 0.1) is 11.8 Å². The van der Waals surface area contributed by atoms with Gasteiger partial charge in [0, 0.05) is 19.5 Å². The zero-order chi connectivity index (χ0) is 13.1. The molecule has 0 bridgehead atoms. The molecule has 17 heavy (non-hydrogen) atoms. The summed E-state index contributed by atoms with van der Waals surface area (Å²) in [6, 6.07) is 0. The summed E-state index contributed by atoms with van der Waals surface area (Å²) in [6.45, 7) is 0.166. The number of carbonyl (C=O) groups excluding carboxylic acids is 1. The van der Waals surface area contributed by atoms with Crippen LogP contribution in [0.15, 0.2) is 0 Å². The van der Waals surface area contributed by atoms with E-state index in [1.165, 1.54) is 11.9 Å². The van der Waals surface area contributed by atoms with E-state index in [1.807, 2.05) is 0 Å². The predicted molar refractivity (Wildman–Crippen MR) is 58.2 cm³/mol. The molecule has 0 aliphatic heterocycles. The van der Waals surface area contributed by atoms with E-state index in [1.54, 1.807) is 0 Å². The summed E-state index contributed by atoms with van der Waals surface area (Å²) in [5.74, 6) is -0.240. The molecule has 1 amide bonds. The summed E-state index contributed by atoms with van der Waals surface area (Å²) >= 11 is 0. The lowest BCUT2D eigenvalue weighted by molar-refractivity contribution is -0.146. The minimum Gasteiger partial charge on any atom is -0.345 e. The lowest BCUT2D eigenvalue weighted by Crippen LogP contribution is -2.38. The third-order valence-electron chi connectivity index (χ3n) is 3.39. The van der Waals surface area contributed by atoms with Gasteiger partial charge in [-0.2, -0.15) is 13.2 Å². The van der Waals surface area contributed by atoms with Crippen molar-refractivity contribution in [2.75, 3.05) is 20.1 Å². The number of hydrogen-bond donors (Lipinski definition) is 1. The highest BCUT2D eigenvalue weighted by molar-refractivity contribution is 5.79. The highest BCUT2D eigenvalue weighted by Gasteiger charge is 2.35. The van der Waals surface area contributed by atoms with Crippen LogP contribution in [0.5, 0.6) is 0 Å². The second-order valence-electron chi connectivity index (χ2n) is 4.66. The topological polar surface area (TPSA) is 46.3 Å². The van der Waals surface area contributed by atoms with Crippen molar-refractivity contribution in [1.82, 2.24) is 4.90 Å².